The first-order chi connectivity index (χ1) is 13.2. The molecule has 1 aliphatic carbocycles. The van der Waals surface area contributed by atoms with E-state index in [9.17, 15) is 36.5 Å². The zero-order valence-corrected chi connectivity index (χ0v) is 16.3. The molecule has 0 N–H and O–H groups in total. The first-order valence-electron chi connectivity index (χ1n) is 8.22. The molecule has 2 rings (SSSR count). The Hall–Kier alpha value is -1.91. The molecule has 0 bridgehead atoms. The summed E-state index contributed by atoms with van der Waals surface area (Å²) in [5.41, 5.74) is -11.5. The molecule has 1 unspecified atom stereocenters. The van der Waals surface area contributed by atoms with Crippen LogP contribution < -0.4 is 0 Å². The minimum absolute atomic E-state index is 0.0180. The van der Waals surface area contributed by atoms with Gasteiger partial charge < -0.3 is 0 Å². The van der Waals surface area contributed by atoms with Gasteiger partial charge in [0.1, 0.15) is 0 Å². The third-order valence-electron chi connectivity index (χ3n) is 4.54. The summed E-state index contributed by atoms with van der Waals surface area (Å²) in [6, 6.07) is 3.52. The molecule has 159 valence electrons. The molecule has 0 aromatic heterocycles. The van der Waals surface area contributed by atoms with Crippen molar-refractivity contribution in [2.45, 2.75) is 43.2 Å². The molecule has 29 heavy (non-hydrogen) atoms. The fraction of sp³-hybridized carbons (Fsp3) is 0.389. The number of nitro benzene ring substituents is 1. The van der Waals surface area contributed by atoms with Crippen LogP contribution in [0.2, 0.25) is 0 Å². The highest BCUT2D eigenvalue weighted by Crippen LogP contribution is 2.61. The van der Waals surface area contributed by atoms with Gasteiger partial charge in [0.25, 0.3) is 5.69 Å². The number of nitro groups is 1. The van der Waals surface area contributed by atoms with Crippen molar-refractivity contribution in [1.82, 2.24) is 0 Å². The fourth-order valence-corrected chi connectivity index (χ4v) is 4.05. The number of nitrogens with zero attached hydrogens (tertiary/aromatic N) is 1. The van der Waals surface area contributed by atoms with Gasteiger partial charge in [-0.2, -0.15) is 26.3 Å². The molecule has 1 aromatic rings. The number of para-hydroxylation sites is 1. The smallest absolute Gasteiger partial charge is 0.258 e. The Bertz CT molecular complexity index is 847. The minimum Gasteiger partial charge on any atom is -0.258 e. The summed E-state index contributed by atoms with van der Waals surface area (Å²) in [5, 5.41) is 11.4. The van der Waals surface area contributed by atoms with Crippen LogP contribution in [0.5, 0.6) is 0 Å². The second-order valence-electron chi connectivity index (χ2n) is 6.44. The molecule has 0 fully saturated rings. The summed E-state index contributed by atoms with van der Waals surface area (Å²) in [5.74, 6) is 0. The number of alkyl halides is 7. The van der Waals surface area contributed by atoms with E-state index >= 15 is 4.39 Å². The fourth-order valence-electron chi connectivity index (χ4n) is 3.40. The molecule has 0 saturated carbocycles. The Kier molecular flexibility index (Phi) is 6.23. The maximum absolute atomic E-state index is 15.5. The molecule has 0 heterocycles. The Labute approximate surface area is 169 Å². The first-order valence-corrected chi connectivity index (χ1v) is 9.01. The van der Waals surface area contributed by atoms with Gasteiger partial charge in [0.15, 0.2) is 0 Å². The molecule has 1 aliphatic rings. The predicted molar refractivity (Wildman–Crippen MR) is 95.0 cm³/mol. The number of benzene rings is 1. The van der Waals surface area contributed by atoms with E-state index in [2.05, 4.69) is 15.9 Å². The molecule has 0 aliphatic heterocycles. The minimum atomic E-state index is -6.43. The SMILES string of the molecule is CCCC1=CC(c2ccccc2[N+](=O)[O-])(C(F)(C(F)(F)F)C(F)(F)F)C=C(Br)[CH]1. The standard InChI is InChI=1S/C18H14BrF7NO2/c1-2-5-11-8-12(19)10-15(9-11,13-6-3-4-7-14(13)27(28)29)16(20,17(21,22)23)18(24,25)26/h3-4,6-10H,2,5H2,1H3. The quantitative estimate of drug-likeness (QED) is 0.257. The Balaban J connectivity index is 3.07. The number of halogens is 8. The summed E-state index contributed by atoms with van der Waals surface area (Å²) in [4.78, 5) is 10.2. The van der Waals surface area contributed by atoms with Gasteiger partial charge in [0, 0.05) is 22.5 Å². The van der Waals surface area contributed by atoms with Gasteiger partial charge in [-0.1, -0.05) is 65.2 Å². The van der Waals surface area contributed by atoms with Crippen LogP contribution in [-0.2, 0) is 5.41 Å². The van der Waals surface area contributed by atoms with Crippen molar-refractivity contribution >= 4 is 21.6 Å². The monoisotopic (exact) mass is 488 g/mol. The maximum Gasteiger partial charge on any atom is 0.433 e. The van der Waals surface area contributed by atoms with E-state index in [0.29, 0.717) is 24.6 Å². The molecule has 1 aromatic carbocycles. The van der Waals surface area contributed by atoms with Crippen LogP contribution in [0.25, 0.3) is 0 Å². The molecular formula is C18H14BrF7NO2. The topological polar surface area (TPSA) is 43.1 Å². The molecular weight excluding hydrogens is 475 g/mol. The highest BCUT2D eigenvalue weighted by molar-refractivity contribution is 9.11. The van der Waals surface area contributed by atoms with Crippen molar-refractivity contribution in [3.8, 4) is 0 Å². The molecule has 0 amide bonds. The van der Waals surface area contributed by atoms with Crippen molar-refractivity contribution in [2.75, 3.05) is 0 Å². The molecule has 1 radical (unpaired) electrons. The van der Waals surface area contributed by atoms with Crippen LogP contribution in [0, 0.1) is 16.5 Å². The largest absolute Gasteiger partial charge is 0.433 e. The molecule has 3 nitrogen and oxygen atoms in total. The second kappa shape index (κ2) is 7.73. The van der Waals surface area contributed by atoms with Gasteiger partial charge in [0.05, 0.1) is 10.3 Å². The molecule has 1 atom stereocenters. The van der Waals surface area contributed by atoms with Crippen LogP contribution in [0.3, 0.4) is 0 Å². The van der Waals surface area contributed by atoms with Crippen LogP contribution >= 0.6 is 15.9 Å². The van der Waals surface area contributed by atoms with E-state index in [1.54, 1.807) is 6.92 Å². The zero-order valence-electron chi connectivity index (χ0n) is 14.7. The lowest BCUT2D eigenvalue weighted by Crippen LogP contribution is -2.65. The molecule has 11 heteroatoms. The number of hydrogen-bond acceptors (Lipinski definition) is 2. The average Bonchev–Trinajstić information content (AvgIpc) is 2.58. The van der Waals surface area contributed by atoms with Crippen molar-refractivity contribution < 1.29 is 35.7 Å². The van der Waals surface area contributed by atoms with Gasteiger partial charge in [0.2, 0.25) is 0 Å². The third-order valence-corrected chi connectivity index (χ3v) is 5.00. The van der Waals surface area contributed by atoms with E-state index in [1.807, 2.05) is 0 Å². The van der Waals surface area contributed by atoms with Gasteiger partial charge in [-0.3, -0.25) is 10.1 Å². The summed E-state index contributed by atoms with van der Waals surface area (Å²) >= 11 is 2.85. The second-order valence-corrected chi connectivity index (χ2v) is 7.36. The van der Waals surface area contributed by atoms with E-state index < -0.39 is 39.6 Å². The summed E-state index contributed by atoms with van der Waals surface area (Å²) in [7, 11) is 0. The van der Waals surface area contributed by atoms with Crippen molar-refractivity contribution in [3.05, 3.63) is 68.6 Å². The Morgan fingerprint density at radius 1 is 1.03 bits per heavy atom. The van der Waals surface area contributed by atoms with Crippen LogP contribution in [0.4, 0.5) is 36.4 Å². The van der Waals surface area contributed by atoms with Crippen LogP contribution in [0.1, 0.15) is 25.3 Å². The Morgan fingerprint density at radius 2 is 1.59 bits per heavy atom. The normalized spacial score (nSPS) is 20.9. The Morgan fingerprint density at radius 3 is 2.07 bits per heavy atom. The van der Waals surface area contributed by atoms with Crippen molar-refractivity contribution in [1.29, 1.82) is 0 Å². The lowest BCUT2D eigenvalue weighted by molar-refractivity contribution is -0.388. The lowest BCUT2D eigenvalue weighted by atomic mass is 9.63. The lowest BCUT2D eigenvalue weighted by Gasteiger charge is -2.45. The summed E-state index contributed by atoms with van der Waals surface area (Å²) in [6.45, 7) is 1.63. The number of rotatable bonds is 5. The average molecular weight is 489 g/mol. The predicted octanol–water partition coefficient (Wildman–Crippen LogP) is 6.89. The zero-order chi connectivity index (χ0) is 22.3. The summed E-state index contributed by atoms with van der Waals surface area (Å²) in [6.07, 6.45) is -10.3. The van der Waals surface area contributed by atoms with Crippen LogP contribution in [-0.4, -0.2) is 22.9 Å². The van der Waals surface area contributed by atoms with Gasteiger partial charge >= 0.3 is 18.0 Å². The third kappa shape index (κ3) is 3.80. The van der Waals surface area contributed by atoms with E-state index in [0.717, 1.165) is 18.2 Å². The van der Waals surface area contributed by atoms with Crippen molar-refractivity contribution in [3.63, 3.8) is 0 Å². The van der Waals surface area contributed by atoms with Gasteiger partial charge in [-0.25, -0.2) is 4.39 Å². The number of hydrogen-bond donors (Lipinski definition) is 0. The van der Waals surface area contributed by atoms with Gasteiger partial charge in [-0.05, 0) is 6.42 Å². The van der Waals surface area contributed by atoms with E-state index in [1.165, 1.54) is 6.42 Å². The van der Waals surface area contributed by atoms with Gasteiger partial charge in [-0.15, -0.1) is 0 Å². The van der Waals surface area contributed by atoms with Crippen molar-refractivity contribution in [2.24, 2.45) is 0 Å². The highest BCUT2D eigenvalue weighted by Gasteiger charge is 2.81. The first kappa shape index (κ1) is 23.4. The molecule has 0 saturated heterocycles. The van der Waals surface area contributed by atoms with Crippen LogP contribution in [0.15, 0.2) is 46.5 Å². The number of allylic oxidation sites excluding steroid dienone is 4. The van der Waals surface area contributed by atoms with E-state index in [-0.39, 0.29) is 16.5 Å². The summed E-state index contributed by atoms with van der Waals surface area (Å²) < 4.78 is 97.6. The maximum atomic E-state index is 15.5. The molecule has 0 spiro atoms. The highest BCUT2D eigenvalue weighted by atomic mass is 79.9. The van der Waals surface area contributed by atoms with E-state index in [4.69, 9.17) is 0 Å².